The standard InChI is InChI=1S/C18H21N3O/c1-12(2)11-21-18(22)15(7-8-19)10-17(20-21)16-6-5-13(3)9-14(16)4/h5-6,9-10,12H,7,11H2,1-4H3. The number of hydrogen-bond acceptors (Lipinski definition) is 3. The van der Waals surface area contributed by atoms with E-state index in [0.29, 0.717) is 18.0 Å². The van der Waals surface area contributed by atoms with Crippen LogP contribution in [-0.2, 0) is 13.0 Å². The van der Waals surface area contributed by atoms with E-state index in [0.717, 1.165) is 16.8 Å². The molecule has 22 heavy (non-hydrogen) atoms. The largest absolute Gasteiger partial charge is 0.271 e. The molecule has 1 aromatic heterocycles. The molecule has 0 amide bonds. The minimum Gasteiger partial charge on any atom is -0.267 e. The van der Waals surface area contributed by atoms with E-state index in [1.807, 2.05) is 39.8 Å². The summed E-state index contributed by atoms with van der Waals surface area (Å²) in [5.74, 6) is 0.314. The van der Waals surface area contributed by atoms with E-state index < -0.39 is 0 Å². The SMILES string of the molecule is Cc1ccc(-c2cc(CC#N)c(=O)n(CC(C)C)n2)c(C)c1. The number of nitriles is 1. The third kappa shape index (κ3) is 3.43. The zero-order chi connectivity index (χ0) is 16.3. The van der Waals surface area contributed by atoms with Crippen molar-refractivity contribution in [3.05, 3.63) is 51.3 Å². The Kier molecular flexibility index (Phi) is 4.77. The first-order valence-electron chi connectivity index (χ1n) is 7.48. The van der Waals surface area contributed by atoms with E-state index >= 15 is 0 Å². The molecule has 1 heterocycles. The third-order valence-electron chi connectivity index (χ3n) is 3.51. The van der Waals surface area contributed by atoms with Gasteiger partial charge in [-0.3, -0.25) is 4.79 Å². The summed E-state index contributed by atoms with van der Waals surface area (Å²) in [5, 5.41) is 13.5. The van der Waals surface area contributed by atoms with Crippen LogP contribution in [0.15, 0.2) is 29.1 Å². The van der Waals surface area contributed by atoms with Crippen molar-refractivity contribution in [1.82, 2.24) is 9.78 Å². The van der Waals surface area contributed by atoms with Gasteiger partial charge in [-0.1, -0.05) is 37.6 Å². The van der Waals surface area contributed by atoms with Crippen LogP contribution >= 0.6 is 0 Å². The second-order valence-corrected chi connectivity index (χ2v) is 6.09. The predicted octanol–water partition coefficient (Wildman–Crippen LogP) is 3.25. The fourth-order valence-corrected chi connectivity index (χ4v) is 2.51. The van der Waals surface area contributed by atoms with Crippen molar-refractivity contribution in [3.63, 3.8) is 0 Å². The van der Waals surface area contributed by atoms with Crippen LogP contribution in [0.4, 0.5) is 0 Å². The molecule has 114 valence electrons. The average Bonchev–Trinajstić information content (AvgIpc) is 2.43. The quantitative estimate of drug-likeness (QED) is 0.870. The van der Waals surface area contributed by atoms with Gasteiger partial charge < -0.3 is 0 Å². The second kappa shape index (κ2) is 6.57. The minimum absolute atomic E-state index is 0.108. The highest BCUT2D eigenvalue weighted by molar-refractivity contribution is 5.64. The molecule has 2 rings (SSSR count). The number of aryl methyl sites for hydroxylation is 2. The van der Waals surface area contributed by atoms with Gasteiger partial charge in [0, 0.05) is 17.7 Å². The van der Waals surface area contributed by atoms with Crippen LogP contribution < -0.4 is 5.56 Å². The van der Waals surface area contributed by atoms with Crippen molar-refractivity contribution in [2.75, 3.05) is 0 Å². The van der Waals surface area contributed by atoms with Crippen molar-refractivity contribution in [3.8, 4) is 17.3 Å². The minimum atomic E-state index is -0.163. The topological polar surface area (TPSA) is 58.7 Å². The zero-order valence-corrected chi connectivity index (χ0v) is 13.6. The molecule has 0 fully saturated rings. The van der Waals surface area contributed by atoms with E-state index in [9.17, 15) is 4.79 Å². The molecule has 2 aromatic rings. The van der Waals surface area contributed by atoms with Crippen LogP contribution in [0.2, 0.25) is 0 Å². The summed E-state index contributed by atoms with van der Waals surface area (Å²) in [4.78, 5) is 12.4. The first-order chi connectivity index (χ1) is 10.4. The smallest absolute Gasteiger partial charge is 0.267 e. The van der Waals surface area contributed by atoms with Gasteiger partial charge in [0.05, 0.1) is 18.2 Å². The first kappa shape index (κ1) is 16.0. The molecule has 0 N–H and O–H groups in total. The summed E-state index contributed by atoms with van der Waals surface area (Å²) in [5.41, 5.74) is 4.40. The first-order valence-corrected chi connectivity index (χ1v) is 7.48. The maximum atomic E-state index is 12.4. The Labute approximate surface area is 131 Å². The van der Waals surface area contributed by atoms with Gasteiger partial charge in [0.25, 0.3) is 5.56 Å². The molecule has 0 saturated heterocycles. The van der Waals surface area contributed by atoms with Crippen molar-refractivity contribution in [2.24, 2.45) is 5.92 Å². The fraction of sp³-hybridized carbons (Fsp3) is 0.389. The molecule has 4 heteroatoms. The van der Waals surface area contributed by atoms with Crippen LogP contribution in [0.25, 0.3) is 11.3 Å². The molecule has 0 aliphatic rings. The molecular formula is C18H21N3O. The van der Waals surface area contributed by atoms with E-state index in [4.69, 9.17) is 5.26 Å². The normalized spacial score (nSPS) is 10.7. The van der Waals surface area contributed by atoms with Gasteiger partial charge in [-0.05, 0) is 31.4 Å². The molecule has 0 atom stereocenters. The molecule has 0 saturated carbocycles. The summed E-state index contributed by atoms with van der Waals surface area (Å²) in [6.07, 6.45) is 0.108. The van der Waals surface area contributed by atoms with E-state index in [-0.39, 0.29) is 12.0 Å². The van der Waals surface area contributed by atoms with Gasteiger partial charge >= 0.3 is 0 Å². The van der Waals surface area contributed by atoms with Crippen LogP contribution in [0.1, 0.15) is 30.5 Å². The van der Waals surface area contributed by atoms with Crippen LogP contribution in [0, 0.1) is 31.1 Å². The van der Waals surface area contributed by atoms with Gasteiger partial charge in [0.1, 0.15) is 0 Å². The Morgan fingerprint density at radius 1 is 1.27 bits per heavy atom. The lowest BCUT2D eigenvalue weighted by Gasteiger charge is -2.13. The van der Waals surface area contributed by atoms with Gasteiger partial charge in [0.2, 0.25) is 0 Å². The lowest BCUT2D eigenvalue weighted by atomic mass is 10.0. The lowest BCUT2D eigenvalue weighted by Crippen LogP contribution is -2.28. The molecular weight excluding hydrogens is 274 g/mol. The Hall–Kier alpha value is -2.41. The average molecular weight is 295 g/mol. The number of nitrogens with zero attached hydrogens (tertiary/aromatic N) is 3. The number of aromatic nitrogens is 2. The van der Waals surface area contributed by atoms with E-state index in [1.54, 1.807) is 6.07 Å². The highest BCUT2D eigenvalue weighted by Gasteiger charge is 2.12. The highest BCUT2D eigenvalue weighted by atomic mass is 16.1. The maximum Gasteiger partial charge on any atom is 0.271 e. The summed E-state index contributed by atoms with van der Waals surface area (Å²) in [7, 11) is 0. The Bertz CT molecular complexity index is 782. The number of rotatable bonds is 4. The summed E-state index contributed by atoms with van der Waals surface area (Å²) in [6.45, 7) is 8.72. The molecule has 0 aliphatic carbocycles. The predicted molar refractivity (Wildman–Crippen MR) is 87.6 cm³/mol. The monoisotopic (exact) mass is 295 g/mol. The molecule has 0 radical (unpaired) electrons. The third-order valence-corrected chi connectivity index (χ3v) is 3.51. The van der Waals surface area contributed by atoms with Crippen molar-refractivity contribution >= 4 is 0 Å². The van der Waals surface area contributed by atoms with Crippen LogP contribution in [0.5, 0.6) is 0 Å². The van der Waals surface area contributed by atoms with Crippen molar-refractivity contribution in [1.29, 1.82) is 5.26 Å². The zero-order valence-electron chi connectivity index (χ0n) is 13.6. The summed E-state index contributed by atoms with van der Waals surface area (Å²) < 4.78 is 1.49. The summed E-state index contributed by atoms with van der Waals surface area (Å²) >= 11 is 0. The Morgan fingerprint density at radius 3 is 2.59 bits per heavy atom. The Morgan fingerprint density at radius 2 is 2.00 bits per heavy atom. The van der Waals surface area contributed by atoms with E-state index in [2.05, 4.69) is 17.2 Å². The summed E-state index contributed by atoms with van der Waals surface area (Å²) in [6, 6.07) is 9.97. The van der Waals surface area contributed by atoms with E-state index in [1.165, 1.54) is 10.2 Å². The lowest BCUT2D eigenvalue weighted by molar-refractivity contribution is 0.463. The number of benzene rings is 1. The second-order valence-electron chi connectivity index (χ2n) is 6.09. The molecule has 0 unspecified atom stereocenters. The Balaban J connectivity index is 2.63. The molecule has 0 spiro atoms. The molecule has 0 bridgehead atoms. The van der Waals surface area contributed by atoms with Crippen molar-refractivity contribution in [2.45, 2.75) is 40.7 Å². The van der Waals surface area contributed by atoms with Crippen LogP contribution in [0.3, 0.4) is 0 Å². The van der Waals surface area contributed by atoms with Gasteiger partial charge in [0.15, 0.2) is 0 Å². The molecule has 1 aromatic carbocycles. The van der Waals surface area contributed by atoms with Gasteiger partial charge in [-0.2, -0.15) is 10.4 Å². The molecule has 0 aliphatic heterocycles. The maximum absolute atomic E-state index is 12.4. The van der Waals surface area contributed by atoms with Crippen molar-refractivity contribution < 1.29 is 0 Å². The molecule has 4 nitrogen and oxygen atoms in total. The highest BCUT2D eigenvalue weighted by Crippen LogP contribution is 2.22. The fourth-order valence-electron chi connectivity index (χ4n) is 2.51. The van der Waals surface area contributed by atoms with Gasteiger partial charge in [-0.25, -0.2) is 4.68 Å². The number of hydrogen-bond donors (Lipinski definition) is 0. The van der Waals surface area contributed by atoms with Gasteiger partial charge in [-0.15, -0.1) is 0 Å². The van der Waals surface area contributed by atoms with Crippen LogP contribution in [-0.4, -0.2) is 9.78 Å².